The highest BCUT2D eigenvalue weighted by atomic mass is 28.1. The van der Waals surface area contributed by atoms with Gasteiger partial charge in [-0.05, 0) is 28.5 Å². The Bertz CT molecular complexity index is 1010. The minimum Gasteiger partial charge on any atom is -0.493 e. The highest BCUT2D eigenvalue weighted by molar-refractivity contribution is 6.15. The molecule has 2 saturated heterocycles. The van der Waals surface area contributed by atoms with Crippen LogP contribution in [0.4, 0.5) is 0 Å². The Morgan fingerprint density at radius 1 is 0.919 bits per heavy atom. The molecule has 4 unspecified atom stereocenters. The van der Waals surface area contributed by atoms with Crippen LogP contribution in [0, 0.1) is 10.8 Å². The Labute approximate surface area is 225 Å². The van der Waals surface area contributed by atoms with Crippen molar-refractivity contribution < 1.29 is 28.4 Å². The van der Waals surface area contributed by atoms with E-state index in [2.05, 4.69) is 51.8 Å². The summed E-state index contributed by atoms with van der Waals surface area (Å²) < 4.78 is 37.1. The van der Waals surface area contributed by atoms with E-state index < -0.39 is 11.5 Å². The number of rotatable bonds is 7. The second kappa shape index (κ2) is 11.1. The molecule has 4 rings (SSSR count). The van der Waals surface area contributed by atoms with Crippen LogP contribution >= 0.6 is 0 Å². The second-order valence-electron chi connectivity index (χ2n) is 12.0. The number of methoxy groups -OCH3 is 1. The summed E-state index contributed by atoms with van der Waals surface area (Å²) in [6.07, 6.45) is -0.362. The molecule has 0 saturated carbocycles. The summed E-state index contributed by atoms with van der Waals surface area (Å²) in [5, 5.41) is -0.530. The molecule has 0 bridgehead atoms. The molecule has 2 heterocycles. The standard InChI is InChI=1S/C30H41O6Si/c1-28(2,3)30(37,29(4,5)6)34-18-20-13-14-22(31-7)24(17-20)35-23-15-16-32-25-19-33-27(36-26(23)25)21-11-9-8-10-12-21/h8-14,17,23,25-27H,15-16,18-19H2,1-7H3. The van der Waals surface area contributed by atoms with Crippen LogP contribution in [0.15, 0.2) is 48.5 Å². The van der Waals surface area contributed by atoms with Crippen LogP contribution < -0.4 is 9.47 Å². The smallest absolute Gasteiger partial charge is 0.184 e. The summed E-state index contributed by atoms with van der Waals surface area (Å²) in [4.78, 5) is 0. The summed E-state index contributed by atoms with van der Waals surface area (Å²) in [5.74, 6) is 1.35. The maximum absolute atomic E-state index is 6.58. The first-order chi connectivity index (χ1) is 17.4. The van der Waals surface area contributed by atoms with Crippen molar-refractivity contribution >= 4 is 10.2 Å². The van der Waals surface area contributed by atoms with E-state index in [0.717, 1.165) is 11.1 Å². The van der Waals surface area contributed by atoms with Gasteiger partial charge in [0.1, 0.15) is 18.3 Å². The number of hydrogen-bond donors (Lipinski definition) is 0. The van der Waals surface area contributed by atoms with Gasteiger partial charge in [0.05, 0.1) is 42.4 Å². The molecule has 3 radical (unpaired) electrons. The predicted molar refractivity (Wildman–Crippen MR) is 144 cm³/mol. The number of fused-ring (bicyclic) bond motifs is 1. The van der Waals surface area contributed by atoms with E-state index in [1.807, 2.05) is 48.5 Å². The third kappa shape index (κ3) is 6.07. The molecule has 0 aromatic heterocycles. The fourth-order valence-corrected chi connectivity index (χ4v) is 5.32. The van der Waals surface area contributed by atoms with Crippen LogP contribution in [0.1, 0.15) is 65.4 Å². The monoisotopic (exact) mass is 525 g/mol. The molecule has 2 fully saturated rings. The Morgan fingerprint density at radius 2 is 1.62 bits per heavy atom. The third-order valence-electron chi connectivity index (χ3n) is 7.31. The number of benzene rings is 2. The first kappa shape index (κ1) is 28.1. The van der Waals surface area contributed by atoms with Gasteiger partial charge >= 0.3 is 0 Å². The zero-order valence-electron chi connectivity index (χ0n) is 23.2. The van der Waals surface area contributed by atoms with E-state index in [-0.39, 0.29) is 29.1 Å². The van der Waals surface area contributed by atoms with E-state index in [4.69, 9.17) is 28.4 Å². The molecule has 37 heavy (non-hydrogen) atoms. The lowest BCUT2D eigenvalue weighted by Crippen LogP contribution is -2.55. The van der Waals surface area contributed by atoms with Crippen molar-refractivity contribution in [2.24, 2.45) is 10.8 Å². The Balaban J connectivity index is 1.52. The lowest BCUT2D eigenvalue weighted by atomic mass is 9.73. The van der Waals surface area contributed by atoms with Crippen molar-refractivity contribution in [3.63, 3.8) is 0 Å². The van der Waals surface area contributed by atoms with Crippen LogP contribution in [0.2, 0.25) is 0 Å². The molecule has 0 amide bonds. The fourth-order valence-electron chi connectivity index (χ4n) is 5.24. The van der Waals surface area contributed by atoms with Gasteiger partial charge in [-0.3, -0.25) is 0 Å². The van der Waals surface area contributed by atoms with Crippen LogP contribution in [-0.4, -0.2) is 54.1 Å². The van der Waals surface area contributed by atoms with Gasteiger partial charge in [0, 0.05) is 12.0 Å². The van der Waals surface area contributed by atoms with Gasteiger partial charge in [0.25, 0.3) is 0 Å². The molecular weight excluding hydrogens is 484 g/mol. The quantitative estimate of drug-likeness (QED) is 0.425. The van der Waals surface area contributed by atoms with Crippen molar-refractivity contribution in [3.8, 4) is 11.5 Å². The largest absolute Gasteiger partial charge is 0.493 e. The van der Waals surface area contributed by atoms with Gasteiger partial charge in [-0.1, -0.05) is 77.9 Å². The first-order valence-electron chi connectivity index (χ1n) is 13.1. The summed E-state index contributed by atoms with van der Waals surface area (Å²) in [5.41, 5.74) is 1.74. The van der Waals surface area contributed by atoms with E-state index in [1.54, 1.807) is 7.11 Å². The maximum Gasteiger partial charge on any atom is 0.184 e. The molecule has 2 aliphatic heterocycles. The molecule has 0 spiro atoms. The van der Waals surface area contributed by atoms with Crippen molar-refractivity contribution in [2.45, 2.75) is 84.4 Å². The summed E-state index contributed by atoms with van der Waals surface area (Å²) >= 11 is 0. The van der Waals surface area contributed by atoms with Gasteiger partial charge in [-0.25, -0.2) is 0 Å². The van der Waals surface area contributed by atoms with E-state index >= 15 is 0 Å². The van der Waals surface area contributed by atoms with Gasteiger partial charge in [0.2, 0.25) is 0 Å². The minimum absolute atomic E-state index is 0.124. The summed E-state index contributed by atoms with van der Waals surface area (Å²) in [6.45, 7) is 14.6. The highest BCUT2D eigenvalue weighted by Crippen LogP contribution is 2.45. The van der Waals surface area contributed by atoms with Gasteiger partial charge in [-0.2, -0.15) is 0 Å². The molecule has 0 aliphatic carbocycles. The van der Waals surface area contributed by atoms with Crippen LogP contribution in [-0.2, 0) is 25.6 Å². The zero-order valence-corrected chi connectivity index (χ0v) is 24.2. The Morgan fingerprint density at radius 3 is 2.27 bits per heavy atom. The number of hydrogen-bond acceptors (Lipinski definition) is 6. The molecule has 2 aliphatic rings. The molecule has 0 N–H and O–H groups in total. The van der Waals surface area contributed by atoms with Gasteiger partial charge < -0.3 is 28.4 Å². The molecular formula is C30H41O6Si. The van der Waals surface area contributed by atoms with E-state index in [0.29, 0.717) is 37.7 Å². The zero-order chi connectivity index (χ0) is 26.8. The average molecular weight is 526 g/mol. The SMILES string of the molecule is COc1ccc(COC([Si])(C(C)(C)C)C(C)(C)C)cc1OC1CCOC2COC(c3ccccc3)OC21. The Hall–Kier alpha value is -1.90. The predicted octanol–water partition coefficient (Wildman–Crippen LogP) is 5.82. The highest BCUT2D eigenvalue weighted by Gasteiger charge is 2.48. The van der Waals surface area contributed by atoms with E-state index in [9.17, 15) is 0 Å². The normalized spacial score (nSPS) is 24.9. The third-order valence-corrected chi connectivity index (χ3v) is 8.95. The first-order valence-corrected chi connectivity index (χ1v) is 13.6. The molecule has 7 heteroatoms. The Kier molecular flexibility index (Phi) is 8.41. The number of ether oxygens (including phenoxy) is 6. The molecule has 4 atom stereocenters. The second-order valence-corrected chi connectivity index (χ2v) is 12.7. The molecule has 2 aromatic rings. The minimum atomic E-state index is -0.530. The van der Waals surface area contributed by atoms with E-state index in [1.165, 1.54) is 0 Å². The van der Waals surface area contributed by atoms with Crippen molar-refractivity contribution in [1.82, 2.24) is 0 Å². The average Bonchev–Trinajstić information content (AvgIpc) is 2.86. The maximum atomic E-state index is 6.58. The van der Waals surface area contributed by atoms with Crippen LogP contribution in [0.5, 0.6) is 11.5 Å². The lowest BCUT2D eigenvalue weighted by Gasteiger charge is -2.51. The van der Waals surface area contributed by atoms with Crippen LogP contribution in [0.3, 0.4) is 0 Å². The van der Waals surface area contributed by atoms with Crippen molar-refractivity contribution in [1.29, 1.82) is 0 Å². The van der Waals surface area contributed by atoms with Crippen molar-refractivity contribution in [3.05, 3.63) is 59.7 Å². The van der Waals surface area contributed by atoms with Crippen LogP contribution in [0.25, 0.3) is 0 Å². The summed E-state index contributed by atoms with van der Waals surface area (Å²) in [7, 11) is 5.67. The molecule has 201 valence electrons. The van der Waals surface area contributed by atoms with Crippen molar-refractivity contribution in [2.75, 3.05) is 20.3 Å². The lowest BCUT2D eigenvalue weighted by molar-refractivity contribution is -0.295. The molecule has 2 aromatic carbocycles. The topological polar surface area (TPSA) is 55.4 Å². The summed E-state index contributed by atoms with van der Waals surface area (Å²) in [6, 6.07) is 15.9. The van der Waals surface area contributed by atoms with Gasteiger partial charge in [-0.15, -0.1) is 0 Å². The molecule has 6 nitrogen and oxygen atoms in total. The fraction of sp³-hybridized carbons (Fsp3) is 0.600. The van der Waals surface area contributed by atoms with Gasteiger partial charge in [0.15, 0.2) is 17.8 Å².